The van der Waals surface area contributed by atoms with Gasteiger partial charge in [-0.2, -0.15) is 0 Å². The summed E-state index contributed by atoms with van der Waals surface area (Å²) in [6.45, 7) is 5.03. The maximum Gasteiger partial charge on any atom is 0.254 e. The van der Waals surface area contributed by atoms with Crippen LogP contribution in [0.5, 0.6) is 0 Å². The van der Waals surface area contributed by atoms with Gasteiger partial charge in [0.05, 0.1) is 10.5 Å². The molecule has 0 aliphatic carbocycles. The summed E-state index contributed by atoms with van der Waals surface area (Å²) >= 11 is 0. The fraction of sp³-hybridized carbons (Fsp3) is 0.429. The minimum atomic E-state index is -3.99. The van der Waals surface area contributed by atoms with Crippen LogP contribution in [0.4, 0.5) is 0 Å². The van der Waals surface area contributed by atoms with E-state index in [4.69, 9.17) is 5.73 Å². The van der Waals surface area contributed by atoms with Gasteiger partial charge in [-0.05, 0) is 39.0 Å². The lowest BCUT2D eigenvalue weighted by Crippen LogP contribution is -2.41. The summed E-state index contributed by atoms with van der Waals surface area (Å²) in [7, 11) is -0.965. The van der Waals surface area contributed by atoms with Gasteiger partial charge in [0.15, 0.2) is 0 Å². The van der Waals surface area contributed by atoms with Crippen molar-refractivity contribution in [2.75, 3.05) is 14.1 Å². The molecule has 3 N–H and O–H groups in total. The molecule has 8 heteroatoms. The molecule has 0 aliphatic heterocycles. The molecule has 0 fully saturated rings. The van der Waals surface area contributed by atoms with Crippen LogP contribution in [0.15, 0.2) is 23.1 Å². The number of hydrogen-bond donors (Lipinski definition) is 2. The standard InChI is InChI=1S/C14H21N3O4S/c1-14(2,3)16-22(20,21)11-8-9(12(15)18)6-7-10(11)13(19)17(4)5/h6-8,16H,1-5H3,(H2,15,18). The number of hydrogen-bond acceptors (Lipinski definition) is 4. The predicted octanol–water partition coefficient (Wildman–Crippen LogP) is 0.564. The Morgan fingerprint density at radius 1 is 1.18 bits per heavy atom. The number of nitrogens with two attached hydrogens (primary N) is 1. The topological polar surface area (TPSA) is 110 Å². The molecule has 1 aromatic rings. The lowest BCUT2D eigenvalue weighted by Gasteiger charge is -2.22. The highest BCUT2D eigenvalue weighted by atomic mass is 32.2. The van der Waals surface area contributed by atoms with Crippen LogP contribution in [0.3, 0.4) is 0 Å². The van der Waals surface area contributed by atoms with Gasteiger partial charge < -0.3 is 10.6 Å². The van der Waals surface area contributed by atoms with Crippen LogP contribution < -0.4 is 10.5 Å². The average molecular weight is 327 g/mol. The molecule has 0 heterocycles. The first-order chi connectivity index (χ1) is 9.85. The third-order valence-corrected chi connectivity index (χ3v) is 4.43. The SMILES string of the molecule is CN(C)C(=O)c1ccc(C(N)=O)cc1S(=O)(=O)NC(C)(C)C. The fourth-order valence-electron chi connectivity index (χ4n) is 1.77. The van der Waals surface area contributed by atoms with Gasteiger partial charge in [-0.1, -0.05) is 0 Å². The highest BCUT2D eigenvalue weighted by Crippen LogP contribution is 2.21. The number of carbonyl (C=O) groups excluding carboxylic acids is 2. The zero-order chi connectivity index (χ0) is 17.3. The molecule has 0 saturated heterocycles. The highest BCUT2D eigenvalue weighted by Gasteiger charge is 2.28. The van der Waals surface area contributed by atoms with E-state index in [9.17, 15) is 18.0 Å². The first-order valence-corrected chi connectivity index (χ1v) is 8.03. The molecular formula is C14H21N3O4S. The molecule has 1 rings (SSSR count). The highest BCUT2D eigenvalue weighted by molar-refractivity contribution is 7.89. The van der Waals surface area contributed by atoms with Crippen molar-refractivity contribution in [2.24, 2.45) is 5.73 Å². The number of nitrogens with one attached hydrogen (secondary N) is 1. The molecule has 122 valence electrons. The minimum absolute atomic E-state index is 0.0181. The predicted molar refractivity (Wildman–Crippen MR) is 83.1 cm³/mol. The number of amides is 2. The molecule has 0 radical (unpaired) electrons. The molecule has 0 saturated carbocycles. The van der Waals surface area contributed by atoms with Crippen LogP contribution in [0.1, 0.15) is 41.5 Å². The lowest BCUT2D eigenvalue weighted by atomic mass is 10.1. The summed E-state index contributed by atoms with van der Waals surface area (Å²) in [5, 5.41) is 0. The van der Waals surface area contributed by atoms with Gasteiger partial charge in [-0.25, -0.2) is 13.1 Å². The summed E-state index contributed by atoms with van der Waals surface area (Å²) in [5.41, 5.74) is 4.45. The maximum absolute atomic E-state index is 12.5. The number of benzene rings is 1. The first kappa shape index (κ1) is 18.1. The Bertz CT molecular complexity index is 703. The van der Waals surface area contributed by atoms with Crippen molar-refractivity contribution in [3.63, 3.8) is 0 Å². The van der Waals surface area contributed by atoms with Crippen LogP contribution in [-0.2, 0) is 10.0 Å². The molecule has 0 bridgehead atoms. The zero-order valence-electron chi connectivity index (χ0n) is 13.3. The number of sulfonamides is 1. The Morgan fingerprint density at radius 3 is 2.14 bits per heavy atom. The van der Waals surface area contributed by atoms with Crippen molar-refractivity contribution in [3.05, 3.63) is 29.3 Å². The van der Waals surface area contributed by atoms with Gasteiger partial charge >= 0.3 is 0 Å². The molecule has 0 atom stereocenters. The monoisotopic (exact) mass is 327 g/mol. The maximum atomic E-state index is 12.5. The Balaban J connectivity index is 3.57. The lowest BCUT2D eigenvalue weighted by molar-refractivity contribution is 0.0823. The van der Waals surface area contributed by atoms with Gasteiger partial charge in [0.25, 0.3) is 5.91 Å². The number of primary amides is 1. The van der Waals surface area contributed by atoms with E-state index in [1.165, 1.54) is 31.1 Å². The van der Waals surface area contributed by atoms with Gasteiger partial charge in [-0.3, -0.25) is 9.59 Å². The van der Waals surface area contributed by atoms with E-state index in [2.05, 4.69) is 4.72 Å². The molecule has 0 aliphatic rings. The normalized spacial score (nSPS) is 12.0. The number of rotatable bonds is 4. The van der Waals surface area contributed by atoms with Gasteiger partial charge in [0, 0.05) is 25.2 Å². The van der Waals surface area contributed by atoms with Crippen molar-refractivity contribution in [2.45, 2.75) is 31.2 Å². The molecule has 7 nitrogen and oxygen atoms in total. The zero-order valence-corrected chi connectivity index (χ0v) is 14.1. The third kappa shape index (κ3) is 4.28. The van der Waals surface area contributed by atoms with E-state index < -0.39 is 27.4 Å². The van der Waals surface area contributed by atoms with E-state index >= 15 is 0 Å². The van der Waals surface area contributed by atoms with Crippen molar-refractivity contribution in [1.82, 2.24) is 9.62 Å². The number of carbonyl (C=O) groups is 2. The Morgan fingerprint density at radius 2 is 1.73 bits per heavy atom. The van der Waals surface area contributed by atoms with Gasteiger partial charge in [0.1, 0.15) is 0 Å². The summed E-state index contributed by atoms with van der Waals surface area (Å²) in [6.07, 6.45) is 0. The van der Waals surface area contributed by atoms with Gasteiger partial charge in [-0.15, -0.1) is 0 Å². The van der Waals surface area contributed by atoms with Crippen molar-refractivity contribution in [1.29, 1.82) is 0 Å². The van der Waals surface area contributed by atoms with Crippen LogP contribution in [-0.4, -0.2) is 44.8 Å². The molecule has 0 aromatic heterocycles. The molecular weight excluding hydrogens is 306 g/mol. The molecule has 0 spiro atoms. The number of nitrogens with zero attached hydrogens (tertiary/aromatic N) is 1. The average Bonchev–Trinajstić information content (AvgIpc) is 2.34. The van der Waals surface area contributed by atoms with E-state index in [0.29, 0.717) is 0 Å². The smallest absolute Gasteiger partial charge is 0.254 e. The largest absolute Gasteiger partial charge is 0.366 e. The van der Waals surface area contributed by atoms with Crippen LogP contribution in [0.25, 0.3) is 0 Å². The van der Waals surface area contributed by atoms with Crippen molar-refractivity contribution in [3.8, 4) is 0 Å². The quantitative estimate of drug-likeness (QED) is 0.842. The molecule has 2 amide bonds. The van der Waals surface area contributed by atoms with Crippen molar-refractivity contribution >= 4 is 21.8 Å². The molecule has 1 aromatic carbocycles. The van der Waals surface area contributed by atoms with E-state index in [-0.39, 0.29) is 16.0 Å². The van der Waals surface area contributed by atoms with Crippen molar-refractivity contribution < 1.29 is 18.0 Å². The van der Waals surface area contributed by atoms with E-state index in [1.807, 2.05) is 0 Å². The summed E-state index contributed by atoms with van der Waals surface area (Å²) in [5.74, 6) is -1.25. The summed E-state index contributed by atoms with van der Waals surface area (Å²) < 4.78 is 27.5. The molecule has 0 unspecified atom stereocenters. The summed E-state index contributed by atoms with van der Waals surface area (Å²) in [6, 6.07) is 3.74. The van der Waals surface area contributed by atoms with Gasteiger partial charge in [0.2, 0.25) is 15.9 Å². The summed E-state index contributed by atoms with van der Waals surface area (Å²) in [4.78, 5) is 24.5. The Labute approximate surface area is 130 Å². The van der Waals surface area contributed by atoms with Crippen LogP contribution >= 0.6 is 0 Å². The third-order valence-electron chi connectivity index (χ3n) is 2.63. The molecule has 22 heavy (non-hydrogen) atoms. The second kappa shape index (κ2) is 6.05. The van der Waals surface area contributed by atoms with E-state index in [1.54, 1.807) is 20.8 Å². The minimum Gasteiger partial charge on any atom is -0.366 e. The van der Waals surface area contributed by atoms with E-state index in [0.717, 1.165) is 6.07 Å². The first-order valence-electron chi connectivity index (χ1n) is 6.54. The van der Waals surface area contributed by atoms with Crippen LogP contribution in [0.2, 0.25) is 0 Å². The second-order valence-electron chi connectivity index (χ2n) is 6.13. The Kier molecular flexibility index (Phi) is 4.99. The second-order valence-corrected chi connectivity index (χ2v) is 7.78. The Hall–Kier alpha value is -1.93. The van der Waals surface area contributed by atoms with Crippen LogP contribution in [0, 0.1) is 0 Å². The fourth-order valence-corrected chi connectivity index (χ4v) is 3.42.